The average molecular weight is 495 g/mol. The molecule has 0 bridgehead atoms. The second-order valence-electron chi connectivity index (χ2n) is 9.86. The van der Waals surface area contributed by atoms with Crippen molar-refractivity contribution in [2.24, 2.45) is 0 Å². The lowest BCUT2D eigenvalue weighted by molar-refractivity contribution is -0.127. The van der Waals surface area contributed by atoms with E-state index >= 15 is 0 Å². The highest BCUT2D eigenvalue weighted by Crippen LogP contribution is 2.31. The zero-order valence-electron chi connectivity index (χ0n) is 21.3. The van der Waals surface area contributed by atoms with Gasteiger partial charge in [-0.1, -0.05) is 54.4 Å². The quantitative estimate of drug-likeness (QED) is 0.386. The summed E-state index contributed by atoms with van der Waals surface area (Å²) in [5, 5.41) is 8.21. The number of hydrogen-bond donors (Lipinski definition) is 2. The fourth-order valence-electron chi connectivity index (χ4n) is 4.81. The number of nitrogens with zero attached hydrogens (tertiary/aromatic N) is 2. The van der Waals surface area contributed by atoms with Crippen LogP contribution in [0.1, 0.15) is 51.6 Å². The van der Waals surface area contributed by atoms with Crippen LogP contribution >= 0.6 is 11.9 Å². The molecule has 1 fully saturated rings. The molecule has 0 aromatic heterocycles. The third kappa shape index (κ3) is 7.47. The maximum absolute atomic E-state index is 12.5. The minimum atomic E-state index is -0.487. The van der Waals surface area contributed by atoms with Crippen LogP contribution < -0.4 is 10.6 Å². The number of piperidine rings is 1. The molecule has 0 saturated carbocycles. The average Bonchev–Trinajstić information content (AvgIpc) is 2.85. The highest BCUT2D eigenvalue weighted by molar-refractivity contribution is 7.96. The molecule has 0 spiro atoms. The zero-order chi connectivity index (χ0) is 25.4. The van der Waals surface area contributed by atoms with E-state index in [0.29, 0.717) is 18.5 Å². The lowest BCUT2D eigenvalue weighted by Gasteiger charge is -2.40. The van der Waals surface area contributed by atoms with E-state index in [4.69, 9.17) is 6.42 Å². The van der Waals surface area contributed by atoms with Gasteiger partial charge in [-0.25, -0.2) is 4.31 Å². The number of rotatable bonds is 10. The van der Waals surface area contributed by atoms with Crippen molar-refractivity contribution >= 4 is 34.5 Å². The standard InChI is InChI=1S/C28H38N4O2S/c1-6-16-28(3,4)30-26(33)19-29-27(34)20-32(35-5)23-14-17-31(18-15-23)21(2)24-13-9-11-22-10-7-8-12-25(22)24/h1,7-13,21,23H,14-20H2,2-5H3,(H,29,34)(H,30,33). The summed E-state index contributed by atoms with van der Waals surface area (Å²) >= 11 is 1.59. The monoisotopic (exact) mass is 494 g/mol. The van der Waals surface area contributed by atoms with Crippen molar-refractivity contribution in [2.75, 3.05) is 32.4 Å². The summed E-state index contributed by atoms with van der Waals surface area (Å²) in [4.78, 5) is 27.3. The van der Waals surface area contributed by atoms with Gasteiger partial charge in [-0.3, -0.25) is 14.5 Å². The largest absolute Gasteiger partial charge is 0.349 e. The predicted molar refractivity (Wildman–Crippen MR) is 146 cm³/mol. The molecule has 0 aliphatic carbocycles. The van der Waals surface area contributed by atoms with Gasteiger partial charge >= 0.3 is 0 Å². The predicted octanol–water partition coefficient (Wildman–Crippen LogP) is 3.98. The lowest BCUT2D eigenvalue weighted by atomic mass is 9.96. The zero-order valence-corrected chi connectivity index (χ0v) is 22.2. The van der Waals surface area contributed by atoms with Crippen LogP contribution in [0, 0.1) is 12.3 Å². The number of terminal acetylenes is 1. The molecule has 2 amide bonds. The maximum atomic E-state index is 12.5. The maximum Gasteiger partial charge on any atom is 0.239 e. The Bertz CT molecular complexity index is 1050. The first-order valence-electron chi connectivity index (χ1n) is 12.3. The molecule has 6 nitrogen and oxygen atoms in total. The van der Waals surface area contributed by atoms with Crippen LogP contribution in [0.4, 0.5) is 0 Å². The van der Waals surface area contributed by atoms with E-state index in [9.17, 15) is 9.59 Å². The molecule has 1 atom stereocenters. The summed E-state index contributed by atoms with van der Waals surface area (Å²) in [5.74, 6) is 2.19. The topological polar surface area (TPSA) is 64.7 Å². The molecule has 1 aliphatic rings. The molecule has 2 aromatic rings. The van der Waals surface area contributed by atoms with Gasteiger partial charge in [0.25, 0.3) is 0 Å². The van der Waals surface area contributed by atoms with Gasteiger partial charge < -0.3 is 10.6 Å². The molecular weight excluding hydrogens is 456 g/mol. The van der Waals surface area contributed by atoms with Crippen LogP contribution in [-0.4, -0.2) is 65.0 Å². The van der Waals surface area contributed by atoms with Gasteiger partial charge in [0.15, 0.2) is 0 Å². The molecular formula is C28H38N4O2S. The highest BCUT2D eigenvalue weighted by Gasteiger charge is 2.29. The minimum Gasteiger partial charge on any atom is -0.349 e. The lowest BCUT2D eigenvalue weighted by Crippen LogP contribution is -2.49. The van der Waals surface area contributed by atoms with Crippen LogP contribution in [-0.2, 0) is 9.59 Å². The molecule has 1 aliphatic heterocycles. The first-order valence-corrected chi connectivity index (χ1v) is 13.5. The number of nitrogens with one attached hydrogen (secondary N) is 2. The highest BCUT2D eigenvalue weighted by atomic mass is 32.2. The Morgan fingerprint density at radius 1 is 1.17 bits per heavy atom. The van der Waals surface area contributed by atoms with Crippen molar-refractivity contribution in [1.82, 2.24) is 19.8 Å². The first kappa shape index (κ1) is 27.1. The number of hydrogen-bond acceptors (Lipinski definition) is 5. The number of fused-ring (bicyclic) bond motifs is 1. The fraction of sp³-hybridized carbons (Fsp3) is 0.500. The van der Waals surface area contributed by atoms with Crippen molar-refractivity contribution in [1.29, 1.82) is 0 Å². The SMILES string of the molecule is C#CCC(C)(C)NC(=O)CNC(=O)CN(SC)C1CCN(C(C)c2cccc3ccccc23)CC1. The first-order chi connectivity index (χ1) is 16.7. The van der Waals surface area contributed by atoms with Gasteiger partial charge in [-0.05, 0) is 56.2 Å². The van der Waals surface area contributed by atoms with Gasteiger partial charge in [0.2, 0.25) is 11.8 Å². The number of carbonyl (C=O) groups is 2. The summed E-state index contributed by atoms with van der Waals surface area (Å²) in [7, 11) is 0. The summed E-state index contributed by atoms with van der Waals surface area (Å²) < 4.78 is 2.15. The van der Waals surface area contributed by atoms with Gasteiger partial charge in [0, 0.05) is 37.1 Å². The molecule has 0 radical (unpaired) electrons. The van der Waals surface area contributed by atoms with E-state index in [2.05, 4.69) is 75.1 Å². The Morgan fingerprint density at radius 3 is 2.54 bits per heavy atom. The molecule has 1 unspecified atom stereocenters. The summed E-state index contributed by atoms with van der Waals surface area (Å²) in [6.45, 7) is 8.23. The molecule has 7 heteroatoms. The minimum absolute atomic E-state index is 0.0456. The van der Waals surface area contributed by atoms with Crippen LogP contribution in [0.3, 0.4) is 0 Å². The van der Waals surface area contributed by atoms with Gasteiger partial charge in [0.05, 0.1) is 13.1 Å². The van der Waals surface area contributed by atoms with Gasteiger partial charge in [0.1, 0.15) is 0 Å². The Labute approximate surface area is 214 Å². The molecule has 3 rings (SSSR count). The molecule has 35 heavy (non-hydrogen) atoms. The van der Waals surface area contributed by atoms with Crippen molar-refractivity contribution in [2.45, 2.75) is 57.7 Å². The van der Waals surface area contributed by atoms with Crippen LogP contribution in [0.2, 0.25) is 0 Å². The Balaban J connectivity index is 1.49. The number of carbonyl (C=O) groups excluding carboxylic acids is 2. The summed E-state index contributed by atoms with van der Waals surface area (Å²) in [6.07, 6.45) is 9.80. The van der Waals surface area contributed by atoms with E-state index in [-0.39, 0.29) is 24.9 Å². The smallest absolute Gasteiger partial charge is 0.239 e. The summed E-state index contributed by atoms with van der Waals surface area (Å²) in [6, 6.07) is 15.8. The van der Waals surface area contributed by atoms with Crippen LogP contribution in [0.25, 0.3) is 10.8 Å². The third-order valence-corrected chi connectivity index (χ3v) is 7.63. The number of benzene rings is 2. The van der Waals surface area contributed by atoms with E-state index in [0.717, 1.165) is 25.9 Å². The van der Waals surface area contributed by atoms with Gasteiger partial charge in [-0.2, -0.15) is 0 Å². The van der Waals surface area contributed by atoms with Crippen LogP contribution in [0.15, 0.2) is 42.5 Å². The molecule has 188 valence electrons. The molecule has 2 aromatic carbocycles. The van der Waals surface area contributed by atoms with Crippen molar-refractivity contribution in [3.8, 4) is 12.3 Å². The molecule has 1 saturated heterocycles. The van der Waals surface area contributed by atoms with E-state index in [1.54, 1.807) is 11.9 Å². The van der Waals surface area contributed by atoms with E-state index < -0.39 is 5.54 Å². The van der Waals surface area contributed by atoms with E-state index in [1.165, 1.54) is 16.3 Å². The number of amides is 2. The second kappa shape index (κ2) is 12.4. The second-order valence-corrected chi connectivity index (χ2v) is 10.7. The molecule has 1 heterocycles. The van der Waals surface area contributed by atoms with Crippen molar-refractivity contribution in [3.05, 3.63) is 48.0 Å². The number of likely N-dealkylation sites (tertiary alicyclic amines) is 1. The Morgan fingerprint density at radius 2 is 1.86 bits per heavy atom. The van der Waals surface area contributed by atoms with Crippen molar-refractivity contribution < 1.29 is 9.59 Å². The Kier molecular flexibility index (Phi) is 9.62. The van der Waals surface area contributed by atoms with Crippen LogP contribution in [0.5, 0.6) is 0 Å². The normalized spacial score (nSPS) is 16.1. The fourth-order valence-corrected chi connectivity index (χ4v) is 5.57. The van der Waals surface area contributed by atoms with E-state index in [1.807, 2.05) is 20.1 Å². The van der Waals surface area contributed by atoms with Gasteiger partial charge in [-0.15, -0.1) is 12.3 Å². The van der Waals surface area contributed by atoms with Crippen molar-refractivity contribution in [3.63, 3.8) is 0 Å². The summed E-state index contributed by atoms with van der Waals surface area (Å²) in [5.41, 5.74) is 0.880. The molecule has 2 N–H and O–H groups in total. The third-order valence-electron chi connectivity index (χ3n) is 6.73. The Hall–Kier alpha value is -2.53.